The van der Waals surface area contributed by atoms with Crippen molar-refractivity contribution in [1.29, 1.82) is 0 Å². The number of hydrogen-bond acceptors (Lipinski definition) is 6. The summed E-state index contributed by atoms with van der Waals surface area (Å²) in [7, 11) is 0. The fraction of sp³-hybridized carbons (Fsp3) is 0.471. The molecular weight excluding hydrogens is 324 g/mol. The average molecular weight is 346 g/mol. The minimum absolute atomic E-state index is 0.131. The van der Waals surface area contributed by atoms with E-state index in [0.29, 0.717) is 19.0 Å². The van der Waals surface area contributed by atoms with E-state index in [2.05, 4.69) is 38.7 Å². The van der Waals surface area contributed by atoms with E-state index < -0.39 is 0 Å². The molecule has 1 aliphatic heterocycles. The van der Waals surface area contributed by atoms with Gasteiger partial charge in [-0.1, -0.05) is 36.9 Å². The van der Waals surface area contributed by atoms with Crippen molar-refractivity contribution in [3.05, 3.63) is 29.8 Å². The number of nitrogens with zero attached hydrogens (tertiary/aromatic N) is 4. The third-order valence-corrected chi connectivity index (χ3v) is 5.00. The van der Waals surface area contributed by atoms with Crippen LogP contribution in [0.2, 0.25) is 0 Å². The zero-order chi connectivity index (χ0) is 16.9. The van der Waals surface area contributed by atoms with Gasteiger partial charge in [0.15, 0.2) is 5.16 Å². The first kappa shape index (κ1) is 17.0. The molecule has 0 amide bonds. The van der Waals surface area contributed by atoms with E-state index in [0.717, 1.165) is 36.3 Å². The molecule has 0 unspecified atom stereocenters. The van der Waals surface area contributed by atoms with Gasteiger partial charge < -0.3 is 9.64 Å². The largest absolute Gasteiger partial charge is 0.378 e. The van der Waals surface area contributed by atoms with Gasteiger partial charge in [0, 0.05) is 13.1 Å². The molecule has 0 spiro atoms. The zero-order valence-electron chi connectivity index (χ0n) is 14.1. The average Bonchev–Trinajstić information content (AvgIpc) is 3.04. The molecule has 2 aromatic rings. The fourth-order valence-corrected chi connectivity index (χ4v) is 3.47. The molecule has 24 heavy (non-hydrogen) atoms. The van der Waals surface area contributed by atoms with Crippen LogP contribution in [0, 0.1) is 0 Å². The van der Waals surface area contributed by atoms with Crippen molar-refractivity contribution in [3.8, 4) is 5.69 Å². The van der Waals surface area contributed by atoms with Crippen molar-refractivity contribution in [1.82, 2.24) is 14.8 Å². The summed E-state index contributed by atoms with van der Waals surface area (Å²) >= 11 is 1.44. The maximum Gasteiger partial charge on any atom is 0.232 e. The third-order valence-electron chi connectivity index (χ3n) is 3.93. The molecule has 0 radical (unpaired) electrons. The number of anilines is 1. The summed E-state index contributed by atoms with van der Waals surface area (Å²) in [6, 6.07) is 8.28. The first-order valence-corrected chi connectivity index (χ1v) is 9.18. The van der Waals surface area contributed by atoms with Gasteiger partial charge in [-0.05, 0) is 25.0 Å². The molecule has 1 fully saturated rings. The Balaban J connectivity index is 2.04. The normalized spacial score (nSPS) is 14.8. The number of para-hydroxylation sites is 1. The lowest BCUT2D eigenvalue weighted by Gasteiger charge is -2.28. The van der Waals surface area contributed by atoms with Crippen LogP contribution in [0.4, 0.5) is 5.95 Å². The Hall–Kier alpha value is -1.86. The number of morpholine rings is 1. The van der Waals surface area contributed by atoms with Crippen molar-refractivity contribution in [2.75, 3.05) is 37.0 Å². The van der Waals surface area contributed by atoms with Gasteiger partial charge in [-0.15, -0.1) is 10.2 Å². The van der Waals surface area contributed by atoms with Crippen LogP contribution in [0.3, 0.4) is 0 Å². The molecule has 0 bridgehead atoms. The zero-order valence-corrected chi connectivity index (χ0v) is 14.9. The highest BCUT2D eigenvalue weighted by Crippen LogP contribution is 2.29. The Labute approximate surface area is 146 Å². The molecule has 0 saturated carbocycles. The van der Waals surface area contributed by atoms with E-state index in [9.17, 15) is 4.79 Å². The van der Waals surface area contributed by atoms with Gasteiger partial charge in [0.2, 0.25) is 5.95 Å². The van der Waals surface area contributed by atoms with Crippen LogP contribution in [0.5, 0.6) is 0 Å². The summed E-state index contributed by atoms with van der Waals surface area (Å²) in [6.07, 6.45) is 0.924. The first-order valence-electron chi connectivity index (χ1n) is 8.19. The van der Waals surface area contributed by atoms with E-state index in [-0.39, 0.29) is 5.78 Å². The number of benzene rings is 1. The van der Waals surface area contributed by atoms with Gasteiger partial charge in [0.1, 0.15) is 5.78 Å². The molecule has 0 aliphatic carbocycles. The first-order chi connectivity index (χ1) is 11.7. The number of hydrogen-bond donors (Lipinski definition) is 0. The Morgan fingerprint density at radius 2 is 2.00 bits per heavy atom. The van der Waals surface area contributed by atoms with Gasteiger partial charge in [0.25, 0.3) is 0 Å². The van der Waals surface area contributed by atoms with Crippen molar-refractivity contribution in [3.63, 3.8) is 0 Å². The summed E-state index contributed by atoms with van der Waals surface area (Å²) in [6.45, 7) is 6.71. The topological polar surface area (TPSA) is 60.2 Å². The van der Waals surface area contributed by atoms with Gasteiger partial charge in [-0.3, -0.25) is 9.36 Å². The minimum Gasteiger partial charge on any atom is -0.378 e. The van der Waals surface area contributed by atoms with E-state index in [1.54, 1.807) is 6.92 Å². The van der Waals surface area contributed by atoms with Crippen LogP contribution < -0.4 is 4.90 Å². The number of rotatable bonds is 6. The molecule has 0 N–H and O–H groups in total. The molecule has 2 heterocycles. The second-order valence-electron chi connectivity index (χ2n) is 5.69. The second-order valence-corrected chi connectivity index (χ2v) is 6.63. The summed E-state index contributed by atoms with van der Waals surface area (Å²) < 4.78 is 7.53. The van der Waals surface area contributed by atoms with Crippen LogP contribution in [0.15, 0.2) is 29.4 Å². The lowest BCUT2D eigenvalue weighted by Crippen LogP contribution is -2.38. The number of Topliss-reactive ketones (excluding diaryl/α,β-unsaturated/α-hetero) is 1. The number of aromatic nitrogens is 3. The third kappa shape index (κ3) is 3.62. The summed E-state index contributed by atoms with van der Waals surface area (Å²) in [4.78, 5) is 13.6. The van der Waals surface area contributed by atoms with Gasteiger partial charge >= 0.3 is 0 Å². The Morgan fingerprint density at radius 1 is 1.25 bits per heavy atom. The van der Waals surface area contributed by atoms with Gasteiger partial charge in [-0.25, -0.2) is 0 Å². The second kappa shape index (κ2) is 7.81. The molecule has 0 atom stereocenters. The molecule has 7 heteroatoms. The maximum atomic E-state index is 11.4. The molecule has 128 valence electrons. The number of ketones is 1. The highest BCUT2D eigenvalue weighted by Gasteiger charge is 2.23. The van der Waals surface area contributed by atoms with Gasteiger partial charge in [0.05, 0.1) is 24.7 Å². The molecule has 3 rings (SSSR count). The highest BCUT2D eigenvalue weighted by atomic mass is 32.2. The predicted molar refractivity (Wildman–Crippen MR) is 95.2 cm³/mol. The standard InChI is InChI=1S/C17H22N4O2S/c1-3-14-6-4-5-7-15(14)21-16(20-8-10-23-11-9-20)18-19-17(21)24-12-13(2)22/h4-7H,3,8-12H2,1-2H3. The van der Waals surface area contributed by atoms with Gasteiger partial charge in [-0.2, -0.15) is 0 Å². The Bertz CT molecular complexity index is 710. The lowest BCUT2D eigenvalue weighted by molar-refractivity contribution is -0.114. The molecule has 1 aromatic heterocycles. The molecule has 1 aliphatic rings. The van der Waals surface area contributed by atoms with Crippen molar-refractivity contribution >= 4 is 23.5 Å². The quantitative estimate of drug-likeness (QED) is 0.748. The fourth-order valence-electron chi connectivity index (χ4n) is 2.73. The monoisotopic (exact) mass is 346 g/mol. The van der Waals surface area contributed by atoms with Crippen molar-refractivity contribution < 1.29 is 9.53 Å². The number of carbonyl (C=O) groups is 1. The highest BCUT2D eigenvalue weighted by molar-refractivity contribution is 7.99. The summed E-state index contributed by atoms with van der Waals surface area (Å²) in [5.41, 5.74) is 2.31. The Morgan fingerprint density at radius 3 is 2.71 bits per heavy atom. The van der Waals surface area contributed by atoms with E-state index >= 15 is 0 Å². The minimum atomic E-state index is 0.131. The van der Waals surface area contributed by atoms with E-state index in [1.165, 1.54) is 17.3 Å². The van der Waals surface area contributed by atoms with Crippen LogP contribution >= 0.6 is 11.8 Å². The molecule has 1 saturated heterocycles. The number of thioether (sulfide) groups is 1. The van der Waals surface area contributed by atoms with Crippen LogP contribution in [0.1, 0.15) is 19.4 Å². The van der Waals surface area contributed by atoms with E-state index in [1.807, 2.05) is 12.1 Å². The molecule has 1 aromatic carbocycles. The molecular formula is C17H22N4O2S. The smallest absolute Gasteiger partial charge is 0.232 e. The lowest BCUT2D eigenvalue weighted by atomic mass is 10.1. The van der Waals surface area contributed by atoms with Crippen LogP contribution in [-0.4, -0.2) is 52.6 Å². The van der Waals surface area contributed by atoms with Crippen LogP contribution in [0.25, 0.3) is 5.69 Å². The van der Waals surface area contributed by atoms with Crippen LogP contribution in [-0.2, 0) is 16.0 Å². The molecule has 6 nitrogen and oxygen atoms in total. The van der Waals surface area contributed by atoms with E-state index in [4.69, 9.17) is 4.74 Å². The Kier molecular flexibility index (Phi) is 5.52. The summed E-state index contributed by atoms with van der Waals surface area (Å²) in [5, 5.41) is 9.53. The van der Waals surface area contributed by atoms with Crippen molar-refractivity contribution in [2.24, 2.45) is 0 Å². The number of carbonyl (C=O) groups excluding carboxylic acids is 1. The predicted octanol–water partition coefficient (Wildman–Crippen LogP) is 2.35. The SMILES string of the molecule is CCc1ccccc1-n1c(SCC(C)=O)nnc1N1CCOCC1. The summed E-state index contributed by atoms with van der Waals surface area (Å²) in [5.74, 6) is 1.35. The van der Waals surface area contributed by atoms with Crippen molar-refractivity contribution in [2.45, 2.75) is 25.4 Å². The maximum absolute atomic E-state index is 11.4. The number of aryl methyl sites for hydroxylation is 1. The number of ether oxygens (including phenoxy) is 1.